The van der Waals surface area contributed by atoms with E-state index in [-0.39, 0.29) is 12.4 Å². The van der Waals surface area contributed by atoms with Crippen LogP contribution in [-0.2, 0) is 23.7 Å². The zero-order valence-electron chi connectivity index (χ0n) is 13.1. The smallest absolute Gasteiger partial charge is 0.344 e. The summed E-state index contributed by atoms with van der Waals surface area (Å²) in [6.45, 7) is 4.87. The summed E-state index contributed by atoms with van der Waals surface area (Å²) in [4.78, 5) is 23.1. The number of nitrogens with two attached hydrogens (primary N) is 1. The minimum absolute atomic E-state index is 0.0138. The molecular weight excluding hydrogens is 308 g/mol. The van der Waals surface area contributed by atoms with Crippen LogP contribution in [0.2, 0.25) is 0 Å². The molecule has 3 aliphatic rings. The molecule has 3 rings (SSSR count). The van der Waals surface area contributed by atoms with Crippen molar-refractivity contribution in [1.82, 2.24) is 15.8 Å². The summed E-state index contributed by atoms with van der Waals surface area (Å²) in [5, 5.41) is 3.70. The molecule has 3 heterocycles. The Bertz CT molecular complexity index is 551. The van der Waals surface area contributed by atoms with Gasteiger partial charge in [-0.1, -0.05) is 0 Å². The van der Waals surface area contributed by atoms with Crippen LogP contribution in [0, 0.1) is 0 Å². The number of ether oxygens (including phenoxy) is 4. The van der Waals surface area contributed by atoms with Gasteiger partial charge in [-0.3, -0.25) is 15.5 Å². The molecule has 0 aromatic rings. The van der Waals surface area contributed by atoms with Crippen LogP contribution in [0.4, 0.5) is 4.79 Å². The highest BCUT2D eigenvalue weighted by Crippen LogP contribution is 2.39. The molecule has 0 aliphatic carbocycles. The highest BCUT2D eigenvalue weighted by molar-refractivity contribution is 5.76. The highest BCUT2D eigenvalue weighted by atomic mass is 16.8. The molecule has 4 N–H and O–H groups in total. The van der Waals surface area contributed by atoms with Gasteiger partial charge >= 0.3 is 12.0 Å². The predicted molar refractivity (Wildman–Crippen MR) is 74.9 cm³/mol. The van der Waals surface area contributed by atoms with Crippen molar-refractivity contribution in [3.63, 3.8) is 0 Å². The molecule has 4 atom stereocenters. The highest BCUT2D eigenvalue weighted by Gasteiger charge is 2.58. The minimum atomic E-state index is -0.826. The van der Waals surface area contributed by atoms with Crippen molar-refractivity contribution in [3.05, 3.63) is 12.0 Å². The summed E-state index contributed by atoms with van der Waals surface area (Å²) in [5.41, 5.74) is 8.28. The van der Waals surface area contributed by atoms with Crippen molar-refractivity contribution < 1.29 is 28.5 Å². The van der Waals surface area contributed by atoms with Crippen LogP contribution >= 0.6 is 0 Å². The maximum atomic E-state index is 12.1. The fourth-order valence-electron chi connectivity index (χ4n) is 2.81. The Kier molecular flexibility index (Phi) is 3.82. The number of hydrazine groups is 1. The summed E-state index contributed by atoms with van der Waals surface area (Å²) >= 11 is 0. The van der Waals surface area contributed by atoms with Gasteiger partial charge < -0.3 is 24.7 Å². The largest absolute Gasteiger partial charge is 0.463 e. The first kappa shape index (κ1) is 15.8. The number of carbonyl (C=O) groups is 2. The molecule has 23 heavy (non-hydrogen) atoms. The Morgan fingerprint density at radius 1 is 1.43 bits per heavy atom. The van der Waals surface area contributed by atoms with E-state index in [1.54, 1.807) is 13.8 Å². The molecule has 2 saturated heterocycles. The Labute approximate surface area is 132 Å². The monoisotopic (exact) mass is 328 g/mol. The van der Waals surface area contributed by atoms with Crippen molar-refractivity contribution in [2.24, 2.45) is 5.73 Å². The van der Waals surface area contributed by atoms with Crippen LogP contribution in [0.5, 0.6) is 0 Å². The summed E-state index contributed by atoms with van der Waals surface area (Å²) < 4.78 is 22.5. The van der Waals surface area contributed by atoms with Crippen LogP contribution in [-0.4, -0.2) is 53.9 Å². The molecule has 2 fully saturated rings. The molecule has 0 aromatic heterocycles. The lowest BCUT2D eigenvalue weighted by Gasteiger charge is -2.34. The van der Waals surface area contributed by atoms with E-state index in [0.717, 1.165) is 0 Å². The lowest BCUT2D eigenvalue weighted by Crippen LogP contribution is -2.59. The van der Waals surface area contributed by atoms with Crippen LogP contribution in [0.25, 0.3) is 0 Å². The topological polar surface area (TPSA) is 124 Å². The van der Waals surface area contributed by atoms with Gasteiger partial charge in [-0.25, -0.2) is 9.80 Å². The van der Waals surface area contributed by atoms with E-state index in [1.807, 2.05) is 0 Å². The Morgan fingerprint density at radius 2 is 2.13 bits per heavy atom. The minimum Gasteiger partial charge on any atom is -0.463 e. The molecule has 4 unspecified atom stereocenters. The second kappa shape index (κ2) is 5.55. The van der Waals surface area contributed by atoms with Gasteiger partial charge in [0.2, 0.25) is 0 Å². The van der Waals surface area contributed by atoms with Gasteiger partial charge in [0.1, 0.15) is 30.7 Å². The summed E-state index contributed by atoms with van der Waals surface area (Å²) in [5.74, 6) is -1.05. The molecule has 0 aromatic carbocycles. The number of rotatable bonds is 3. The Balaban J connectivity index is 1.78. The summed E-state index contributed by atoms with van der Waals surface area (Å²) in [6, 6.07) is -0.477. The summed E-state index contributed by atoms with van der Waals surface area (Å²) in [7, 11) is 0. The second-order valence-electron chi connectivity index (χ2n) is 5.96. The molecule has 128 valence electrons. The van der Waals surface area contributed by atoms with Gasteiger partial charge in [-0.05, 0) is 13.8 Å². The fourth-order valence-corrected chi connectivity index (χ4v) is 2.81. The number of hydrogen-bond donors (Lipinski definition) is 3. The van der Waals surface area contributed by atoms with Gasteiger partial charge in [0.25, 0.3) is 0 Å². The van der Waals surface area contributed by atoms with E-state index in [2.05, 4.69) is 10.7 Å². The summed E-state index contributed by atoms with van der Waals surface area (Å²) in [6.07, 6.45) is -0.871. The number of urea groups is 1. The number of nitrogens with zero attached hydrogens (tertiary/aromatic N) is 1. The van der Waals surface area contributed by atoms with Crippen LogP contribution < -0.4 is 16.5 Å². The van der Waals surface area contributed by atoms with Gasteiger partial charge in [0, 0.05) is 6.92 Å². The average Bonchev–Trinajstić information content (AvgIpc) is 2.90. The standard InChI is InChI=1S/C13H20N4O6/c1-6(18)20-5-7-9-10(23-13(2,3)22-9)11(21-7)17-12(19)16-8(14)4-15-17/h4,7,9-11,15H,5,14H2,1-3H3,(H,16,19). The van der Waals surface area contributed by atoms with E-state index in [1.165, 1.54) is 18.1 Å². The first-order valence-corrected chi connectivity index (χ1v) is 7.23. The zero-order chi connectivity index (χ0) is 16.8. The third kappa shape index (κ3) is 3.05. The molecule has 0 bridgehead atoms. The third-order valence-electron chi connectivity index (χ3n) is 3.66. The number of hydrogen-bond acceptors (Lipinski definition) is 8. The van der Waals surface area contributed by atoms with Gasteiger partial charge in [0.05, 0.1) is 6.20 Å². The molecule has 2 amide bonds. The number of nitrogens with one attached hydrogen (secondary N) is 2. The maximum absolute atomic E-state index is 12.1. The average molecular weight is 328 g/mol. The van der Waals surface area contributed by atoms with Crippen molar-refractivity contribution in [2.75, 3.05) is 6.61 Å². The van der Waals surface area contributed by atoms with E-state index in [9.17, 15) is 9.59 Å². The Hall–Kier alpha value is -2.04. The third-order valence-corrected chi connectivity index (χ3v) is 3.66. The first-order valence-electron chi connectivity index (χ1n) is 7.23. The molecule has 3 aliphatic heterocycles. The van der Waals surface area contributed by atoms with Crippen molar-refractivity contribution in [3.8, 4) is 0 Å². The van der Waals surface area contributed by atoms with Gasteiger partial charge in [-0.2, -0.15) is 0 Å². The van der Waals surface area contributed by atoms with Gasteiger partial charge in [0.15, 0.2) is 12.0 Å². The van der Waals surface area contributed by atoms with E-state index >= 15 is 0 Å². The fraction of sp³-hybridized carbons (Fsp3) is 0.692. The number of carbonyl (C=O) groups excluding carboxylic acids is 2. The van der Waals surface area contributed by atoms with Gasteiger partial charge in [-0.15, -0.1) is 0 Å². The molecule has 0 spiro atoms. The van der Waals surface area contributed by atoms with Crippen LogP contribution in [0.3, 0.4) is 0 Å². The molecule has 10 nitrogen and oxygen atoms in total. The van der Waals surface area contributed by atoms with Crippen LogP contribution in [0.1, 0.15) is 20.8 Å². The van der Waals surface area contributed by atoms with Crippen molar-refractivity contribution in [1.29, 1.82) is 0 Å². The van der Waals surface area contributed by atoms with E-state index < -0.39 is 42.3 Å². The molecular formula is C13H20N4O6. The Morgan fingerprint density at radius 3 is 2.78 bits per heavy atom. The SMILES string of the molecule is CC(=O)OCC1OC(N2NC=C(N)NC2=O)C2OC(C)(C)OC12. The van der Waals surface area contributed by atoms with Crippen LogP contribution in [0.15, 0.2) is 12.0 Å². The lowest BCUT2D eigenvalue weighted by atomic mass is 10.1. The van der Waals surface area contributed by atoms with E-state index in [0.29, 0.717) is 0 Å². The van der Waals surface area contributed by atoms with Crippen molar-refractivity contribution in [2.45, 2.75) is 51.1 Å². The normalized spacial score (nSPS) is 35.2. The molecule has 0 saturated carbocycles. The zero-order valence-corrected chi connectivity index (χ0v) is 13.1. The maximum Gasteiger partial charge on any atom is 0.344 e. The quantitative estimate of drug-likeness (QED) is 0.568. The van der Waals surface area contributed by atoms with Crippen molar-refractivity contribution >= 4 is 12.0 Å². The first-order chi connectivity index (χ1) is 10.8. The lowest BCUT2D eigenvalue weighted by molar-refractivity contribution is -0.209. The number of fused-ring (bicyclic) bond motifs is 1. The predicted octanol–water partition coefficient (Wildman–Crippen LogP) is -0.918. The van der Waals surface area contributed by atoms with E-state index in [4.69, 9.17) is 24.7 Å². The number of amides is 2. The number of esters is 1. The molecule has 10 heteroatoms. The molecule has 0 radical (unpaired) electrons. The second-order valence-corrected chi connectivity index (χ2v) is 5.96.